The minimum absolute atomic E-state index is 0.628. The molecule has 0 atom stereocenters. The molecule has 106 valence electrons. The monoisotopic (exact) mass is 277 g/mol. The van der Waals surface area contributed by atoms with Gasteiger partial charge in [0.1, 0.15) is 0 Å². The maximum absolute atomic E-state index is 5.81. The molecule has 0 saturated carbocycles. The third-order valence-electron chi connectivity index (χ3n) is 3.58. The van der Waals surface area contributed by atoms with Crippen molar-refractivity contribution in [2.24, 2.45) is 5.73 Å². The second-order valence-corrected chi connectivity index (χ2v) is 5.04. The van der Waals surface area contributed by atoms with E-state index < -0.39 is 0 Å². The zero-order valence-corrected chi connectivity index (χ0v) is 11.9. The molecule has 2 aromatic carbocycles. The lowest BCUT2D eigenvalue weighted by molar-refractivity contribution is 0.793. The number of pyridine rings is 1. The van der Waals surface area contributed by atoms with E-state index in [9.17, 15) is 0 Å². The van der Waals surface area contributed by atoms with Crippen LogP contribution in [-0.2, 0) is 6.54 Å². The van der Waals surface area contributed by atoms with Crippen molar-refractivity contribution >= 4 is 16.6 Å². The summed E-state index contributed by atoms with van der Waals surface area (Å²) in [6.45, 7) is 2.30. The molecule has 0 bridgehead atoms. The Morgan fingerprint density at radius 3 is 2.48 bits per heavy atom. The van der Waals surface area contributed by atoms with Crippen molar-refractivity contribution < 1.29 is 0 Å². The van der Waals surface area contributed by atoms with Crippen molar-refractivity contribution in [3.05, 3.63) is 72.4 Å². The largest absolute Gasteiger partial charge is 0.365 e. The first-order valence-corrected chi connectivity index (χ1v) is 7.21. The molecule has 3 nitrogen and oxygen atoms in total. The van der Waals surface area contributed by atoms with Crippen LogP contribution in [0, 0.1) is 0 Å². The Balaban J connectivity index is 1.99. The molecule has 21 heavy (non-hydrogen) atoms. The summed E-state index contributed by atoms with van der Waals surface area (Å²) in [5, 5.41) is 1.17. The van der Waals surface area contributed by atoms with E-state index in [0.29, 0.717) is 6.54 Å². The summed E-state index contributed by atoms with van der Waals surface area (Å²) in [6, 6.07) is 20.8. The number of benzene rings is 2. The van der Waals surface area contributed by atoms with Crippen LogP contribution in [0.3, 0.4) is 0 Å². The molecule has 0 unspecified atom stereocenters. The molecule has 0 aliphatic carbocycles. The van der Waals surface area contributed by atoms with Gasteiger partial charge in [0.25, 0.3) is 0 Å². The zero-order chi connectivity index (χ0) is 14.5. The summed E-state index contributed by atoms with van der Waals surface area (Å²) in [5.74, 6) is 0. The highest BCUT2D eigenvalue weighted by Crippen LogP contribution is 2.26. The molecule has 0 radical (unpaired) electrons. The van der Waals surface area contributed by atoms with Crippen LogP contribution in [0.1, 0.15) is 5.56 Å². The van der Waals surface area contributed by atoms with Crippen molar-refractivity contribution in [1.82, 2.24) is 4.98 Å². The van der Waals surface area contributed by atoms with Gasteiger partial charge in [0, 0.05) is 36.9 Å². The van der Waals surface area contributed by atoms with E-state index in [4.69, 9.17) is 5.73 Å². The molecule has 0 saturated heterocycles. The van der Waals surface area contributed by atoms with Crippen LogP contribution in [0.2, 0.25) is 0 Å². The molecule has 1 heterocycles. The fraction of sp³-hybridized carbons (Fsp3) is 0.167. The molecule has 3 aromatic rings. The normalized spacial score (nSPS) is 10.7. The Labute approximate surface area is 125 Å². The van der Waals surface area contributed by atoms with Gasteiger partial charge >= 0.3 is 0 Å². The topological polar surface area (TPSA) is 42.1 Å². The third kappa shape index (κ3) is 3.03. The average Bonchev–Trinajstić information content (AvgIpc) is 2.55. The van der Waals surface area contributed by atoms with Crippen LogP contribution in [0.15, 0.2) is 66.9 Å². The van der Waals surface area contributed by atoms with Gasteiger partial charge in [0.2, 0.25) is 0 Å². The van der Waals surface area contributed by atoms with Gasteiger partial charge in [-0.2, -0.15) is 0 Å². The Kier molecular flexibility index (Phi) is 4.12. The van der Waals surface area contributed by atoms with E-state index in [2.05, 4.69) is 52.3 Å². The first-order valence-electron chi connectivity index (χ1n) is 7.21. The first kappa shape index (κ1) is 13.6. The second-order valence-electron chi connectivity index (χ2n) is 5.04. The van der Waals surface area contributed by atoms with Gasteiger partial charge in [0.15, 0.2) is 0 Å². The number of anilines is 1. The molecule has 0 spiro atoms. The van der Waals surface area contributed by atoms with Gasteiger partial charge in [-0.15, -0.1) is 0 Å². The smallest absolute Gasteiger partial charge is 0.0722 e. The number of hydrogen-bond acceptors (Lipinski definition) is 3. The number of hydrogen-bond donors (Lipinski definition) is 1. The maximum Gasteiger partial charge on any atom is 0.0722 e. The highest BCUT2D eigenvalue weighted by atomic mass is 15.1. The fourth-order valence-corrected chi connectivity index (χ4v) is 2.60. The Morgan fingerprint density at radius 1 is 0.905 bits per heavy atom. The van der Waals surface area contributed by atoms with Gasteiger partial charge in [-0.25, -0.2) is 0 Å². The van der Waals surface area contributed by atoms with Crippen LogP contribution in [-0.4, -0.2) is 18.1 Å². The molecule has 0 aliphatic rings. The maximum atomic E-state index is 5.81. The average molecular weight is 277 g/mol. The predicted octanol–water partition coefficient (Wildman–Crippen LogP) is 3.20. The molecule has 3 rings (SSSR count). The zero-order valence-electron chi connectivity index (χ0n) is 11.9. The van der Waals surface area contributed by atoms with E-state index in [1.165, 1.54) is 16.6 Å². The van der Waals surface area contributed by atoms with Crippen LogP contribution in [0.25, 0.3) is 10.9 Å². The van der Waals surface area contributed by atoms with Crippen molar-refractivity contribution in [1.29, 1.82) is 0 Å². The summed E-state index contributed by atoms with van der Waals surface area (Å²) in [4.78, 5) is 6.75. The van der Waals surface area contributed by atoms with Gasteiger partial charge < -0.3 is 10.6 Å². The number of rotatable bonds is 5. The van der Waals surface area contributed by atoms with Crippen LogP contribution in [0.5, 0.6) is 0 Å². The Hall–Kier alpha value is -2.39. The highest BCUT2D eigenvalue weighted by Gasteiger charge is 2.10. The van der Waals surface area contributed by atoms with E-state index in [-0.39, 0.29) is 0 Å². The SMILES string of the molecule is NCCN(Cc1ccccc1)c1ccnc2ccccc12. The van der Waals surface area contributed by atoms with E-state index in [1.54, 1.807) is 0 Å². The Bertz CT molecular complexity index is 704. The highest BCUT2D eigenvalue weighted by molar-refractivity contribution is 5.91. The number of fused-ring (bicyclic) bond motifs is 1. The minimum Gasteiger partial charge on any atom is -0.365 e. The number of nitrogens with two attached hydrogens (primary N) is 1. The number of para-hydroxylation sites is 1. The lowest BCUT2D eigenvalue weighted by Crippen LogP contribution is -2.29. The van der Waals surface area contributed by atoms with Gasteiger partial charge in [0.05, 0.1) is 5.52 Å². The molecule has 1 aromatic heterocycles. The summed E-state index contributed by atoms with van der Waals surface area (Å²) < 4.78 is 0. The lowest BCUT2D eigenvalue weighted by atomic mass is 10.1. The number of aromatic nitrogens is 1. The Morgan fingerprint density at radius 2 is 1.67 bits per heavy atom. The third-order valence-corrected chi connectivity index (χ3v) is 3.58. The summed E-state index contributed by atoms with van der Waals surface area (Å²) in [7, 11) is 0. The van der Waals surface area contributed by atoms with E-state index in [0.717, 1.165) is 18.6 Å². The predicted molar refractivity (Wildman–Crippen MR) is 88.3 cm³/mol. The summed E-state index contributed by atoms with van der Waals surface area (Å²) in [6.07, 6.45) is 1.87. The molecule has 3 heteroatoms. The van der Waals surface area contributed by atoms with Crippen molar-refractivity contribution in [3.63, 3.8) is 0 Å². The minimum atomic E-state index is 0.628. The van der Waals surface area contributed by atoms with E-state index in [1.807, 2.05) is 24.4 Å². The summed E-state index contributed by atoms with van der Waals surface area (Å²) >= 11 is 0. The molecular weight excluding hydrogens is 258 g/mol. The van der Waals surface area contributed by atoms with Crippen molar-refractivity contribution in [2.75, 3.05) is 18.0 Å². The molecular formula is C18H19N3. The molecule has 0 fully saturated rings. The van der Waals surface area contributed by atoms with E-state index >= 15 is 0 Å². The standard InChI is InChI=1S/C18H19N3/c19-11-13-21(14-15-6-2-1-3-7-15)18-10-12-20-17-9-5-4-8-16(17)18/h1-10,12H,11,13-14,19H2. The summed E-state index contributed by atoms with van der Waals surface area (Å²) in [5.41, 5.74) is 9.30. The van der Waals surface area contributed by atoms with Gasteiger partial charge in [-0.3, -0.25) is 4.98 Å². The quantitative estimate of drug-likeness (QED) is 0.778. The van der Waals surface area contributed by atoms with Crippen LogP contribution < -0.4 is 10.6 Å². The molecule has 0 aliphatic heterocycles. The van der Waals surface area contributed by atoms with Crippen molar-refractivity contribution in [2.45, 2.75) is 6.54 Å². The fourth-order valence-electron chi connectivity index (χ4n) is 2.60. The first-order chi connectivity index (χ1) is 10.4. The number of nitrogens with zero attached hydrogens (tertiary/aromatic N) is 2. The van der Waals surface area contributed by atoms with Crippen LogP contribution >= 0.6 is 0 Å². The van der Waals surface area contributed by atoms with Gasteiger partial charge in [-0.05, 0) is 17.7 Å². The second kappa shape index (κ2) is 6.37. The van der Waals surface area contributed by atoms with Crippen LogP contribution in [0.4, 0.5) is 5.69 Å². The van der Waals surface area contributed by atoms with Crippen molar-refractivity contribution in [3.8, 4) is 0 Å². The lowest BCUT2D eigenvalue weighted by Gasteiger charge is -2.25. The molecule has 0 amide bonds. The molecule has 2 N–H and O–H groups in total. The van der Waals surface area contributed by atoms with Gasteiger partial charge in [-0.1, -0.05) is 48.5 Å².